The lowest BCUT2D eigenvalue weighted by molar-refractivity contribution is 0.419. The first-order valence-electron chi connectivity index (χ1n) is 6.53. The van der Waals surface area contributed by atoms with Crippen molar-refractivity contribution in [1.82, 2.24) is 15.0 Å². The number of ether oxygens (including phenoxy) is 1. The minimum atomic E-state index is 0.529. The number of nitrogens with zero attached hydrogens (tertiary/aromatic N) is 3. The van der Waals surface area contributed by atoms with Crippen LogP contribution in [0.5, 0.6) is 5.75 Å². The molecule has 2 heterocycles. The van der Waals surface area contributed by atoms with Gasteiger partial charge in [-0.05, 0) is 31.2 Å². The van der Waals surface area contributed by atoms with Gasteiger partial charge in [0.15, 0.2) is 5.65 Å². The van der Waals surface area contributed by atoms with Crippen molar-refractivity contribution in [2.45, 2.75) is 13.3 Å². The predicted molar refractivity (Wildman–Crippen MR) is 78.9 cm³/mol. The van der Waals surface area contributed by atoms with Gasteiger partial charge < -0.3 is 10.5 Å². The highest BCUT2D eigenvalue weighted by Gasteiger charge is 2.09. The number of hydrogen-bond donors (Lipinski definition) is 1. The van der Waals surface area contributed by atoms with Gasteiger partial charge in [-0.2, -0.15) is 0 Å². The fraction of sp³-hybridized carbons (Fsp3) is 0.267. The fourth-order valence-corrected chi connectivity index (χ4v) is 2.27. The maximum absolute atomic E-state index is 5.54. The van der Waals surface area contributed by atoms with E-state index >= 15 is 0 Å². The monoisotopic (exact) mass is 268 g/mol. The molecule has 20 heavy (non-hydrogen) atoms. The van der Waals surface area contributed by atoms with Crippen LogP contribution in [-0.4, -0.2) is 28.6 Å². The highest BCUT2D eigenvalue weighted by Crippen LogP contribution is 2.28. The zero-order valence-corrected chi connectivity index (χ0v) is 11.6. The standard InChI is InChI=1S/C15H16N4O/c1-9-3-4-12(20-2)14-11(9)7-10-8-17-13(5-6-16)18-15(10)19-14/h3-4,7-8H,5-6,16H2,1-2H3. The van der Waals surface area contributed by atoms with Crippen molar-refractivity contribution in [3.63, 3.8) is 0 Å². The van der Waals surface area contributed by atoms with Crippen LogP contribution in [0.1, 0.15) is 11.4 Å². The van der Waals surface area contributed by atoms with E-state index in [9.17, 15) is 0 Å². The van der Waals surface area contributed by atoms with E-state index in [0.29, 0.717) is 18.6 Å². The van der Waals surface area contributed by atoms with Crippen molar-refractivity contribution in [1.29, 1.82) is 0 Å². The SMILES string of the molecule is COc1ccc(C)c2cc3cnc(CCN)nc3nc12. The summed E-state index contributed by atoms with van der Waals surface area (Å²) in [7, 11) is 1.65. The van der Waals surface area contributed by atoms with Crippen LogP contribution in [0.15, 0.2) is 24.4 Å². The molecule has 0 aliphatic heterocycles. The average molecular weight is 268 g/mol. The molecule has 2 N–H and O–H groups in total. The lowest BCUT2D eigenvalue weighted by atomic mass is 10.1. The van der Waals surface area contributed by atoms with Crippen molar-refractivity contribution >= 4 is 21.9 Å². The molecule has 0 saturated heterocycles. The highest BCUT2D eigenvalue weighted by atomic mass is 16.5. The third-order valence-electron chi connectivity index (χ3n) is 3.35. The molecule has 3 rings (SSSR count). The van der Waals surface area contributed by atoms with Gasteiger partial charge in [-0.1, -0.05) is 6.07 Å². The highest BCUT2D eigenvalue weighted by molar-refractivity contribution is 5.95. The third-order valence-corrected chi connectivity index (χ3v) is 3.35. The molecule has 0 amide bonds. The van der Waals surface area contributed by atoms with Gasteiger partial charge in [-0.3, -0.25) is 0 Å². The first kappa shape index (κ1) is 12.7. The summed E-state index contributed by atoms with van der Waals surface area (Å²) in [5, 5.41) is 1.99. The summed E-state index contributed by atoms with van der Waals surface area (Å²) in [5.41, 5.74) is 8.21. The van der Waals surface area contributed by atoms with E-state index in [2.05, 4.69) is 27.9 Å². The Labute approximate surface area is 116 Å². The molecule has 0 saturated carbocycles. The Morgan fingerprint density at radius 3 is 2.85 bits per heavy atom. The van der Waals surface area contributed by atoms with Gasteiger partial charge in [0, 0.05) is 23.4 Å². The summed E-state index contributed by atoms with van der Waals surface area (Å²) in [5.74, 6) is 1.48. The number of aromatic nitrogens is 3. The molecule has 1 aromatic carbocycles. The Morgan fingerprint density at radius 2 is 2.10 bits per heavy atom. The second-order valence-corrected chi connectivity index (χ2v) is 4.71. The Balaban J connectivity index is 2.31. The Kier molecular flexibility index (Phi) is 3.20. The molecule has 3 aromatic rings. The van der Waals surface area contributed by atoms with Crippen LogP contribution in [0.3, 0.4) is 0 Å². The molecule has 5 nitrogen and oxygen atoms in total. The lowest BCUT2D eigenvalue weighted by Gasteiger charge is -2.08. The van der Waals surface area contributed by atoms with Crippen LogP contribution in [0.25, 0.3) is 21.9 Å². The van der Waals surface area contributed by atoms with E-state index in [1.807, 2.05) is 12.1 Å². The van der Waals surface area contributed by atoms with Crippen molar-refractivity contribution in [3.8, 4) is 5.75 Å². The largest absolute Gasteiger partial charge is 0.494 e. The van der Waals surface area contributed by atoms with Crippen LogP contribution >= 0.6 is 0 Å². The number of rotatable bonds is 3. The van der Waals surface area contributed by atoms with Crippen molar-refractivity contribution < 1.29 is 4.74 Å². The molecular weight excluding hydrogens is 252 g/mol. The minimum absolute atomic E-state index is 0.529. The molecule has 102 valence electrons. The fourth-order valence-electron chi connectivity index (χ4n) is 2.27. The lowest BCUT2D eigenvalue weighted by Crippen LogP contribution is -2.06. The summed E-state index contributed by atoms with van der Waals surface area (Å²) >= 11 is 0. The van der Waals surface area contributed by atoms with Crippen LogP contribution < -0.4 is 10.5 Å². The molecule has 2 aromatic heterocycles. The van der Waals surface area contributed by atoms with E-state index in [1.54, 1.807) is 13.3 Å². The number of benzene rings is 1. The van der Waals surface area contributed by atoms with E-state index < -0.39 is 0 Å². The number of hydrogen-bond acceptors (Lipinski definition) is 5. The van der Waals surface area contributed by atoms with E-state index in [0.717, 1.165) is 33.4 Å². The van der Waals surface area contributed by atoms with Gasteiger partial charge in [0.05, 0.1) is 7.11 Å². The molecule has 0 unspecified atom stereocenters. The molecule has 0 fully saturated rings. The topological polar surface area (TPSA) is 73.9 Å². The summed E-state index contributed by atoms with van der Waals surface area (Å²) < 4.78 is 5.38. The zero-order chi connectivity index (χ0) is 14.1. The first-order valence-corrected chi connectivity index (χ1v) is 6.53. The summed E-state index contributed by atoms with van der Waals surface area (Å²) in [6, 6.07) is 6.01. The predicted octanol–water partition coefficient (Wildman–Crippen LogP) is 2.00. The van der Waals surface area contributed by atoms with Crippen molar-refractivity contribution in [2.24, 2.45) is 5.73 Å². The smallest absolute Gasteiger partial charge is 0.163 e. The molecule has 0 atom stereocenters. The number of methoxy groups -OCH3 is 1. The van der Waals surface area contributed by atoms with Crippen LogP contribution in [0, 0.1) is 6.92 Å². The van der Waals surface area contributed by atoms with Gasteiger partial charge in [-0.15, -0.1) is 0 Å². The number of fused-ring (bicyclic) bond motifs is 2. The van der Waals surface area contributed by atoms with Crippen LogP contribution in [0.4, 0.5) is 0 Å². The van der Waals surface area contributed by atoms with Gasteiger partial charge in [0.1, 0.15) is 17.1 Å². The van der Waals surface area contributed by atoms with Crippen molar-refractivity contribution in [3.05, 3.63) is 35.8 Å². The molecule has 0 radical (unpaired) electrons. The summed E-state index contributed by atoms with van der Waals surface area (Å²) in [6.07, 6.45) is 2.46. The van der Waals surface area contributed by atoms with Gasteiger partial charge in [-0.25, -0.2) is 15.0 Å². The average Bonchev–Trinajstić information content (AvgIpc) is 2.46. The zero-order valence-electron chi connectivity index (χ0n) is 11.6. The second-order valence-electron chi connectivity index (χ2n) is 4.71. The van der Waals surface area contributed by atoms with Crippen LogP contribution in [0.2, 0.25) is 0 Å². The Hall–Kier alpha value is -2.27. The molecule has 0 bridgehead atoms. The van der Waals surface area contributed by atoms with Gasteiger partial charge in [0.2, 0.25) is 0 Å². The third kappa shape index (κ3) is 2.06. The van der Waals surface area contributed by atoms with Gasteiger partial charge >= 0.3 is 0 Å². The number of aryl methyl sites for hydroxylation is 1. The Morgan fingerprint density at radius 1 is 1.25 bits per heavy atom. The number of nitrogens with two attached hydrogens (primary N) is 1. The van der Waals surface area contributed by atoms with Gasteiger partial charge in [0.25, 0.3) is 0 Å². The molecule has 0 spiro atoms. The van der Waals surface area contributed by atoms with E-state index in [4.69, 9.17) is 10.5 Å². The maximum atomic E-state index is 5.54. The van der Waals surface area contributed by atoms with E-state index in [1.165, 1.54) is 0 Å². The maximum Gasteiger partial charge on any atom is 0.163 e. The molecular formula is C15H16N4O. The summed E-state index contributed by atoms with van der Waals surface area (Å²) in [6.45, 7) is 2.58. The molecule has 5 heteroatoms. The first-order chi connectivity index (χ1) is 9.72. The quantitative estimate of drug-likeness (QED) is 0.735. The number of pyridine rings is 1. The van der Waals surface area contributed by atoms with Crippen LogP contribution in [-0.2, 0) is 6.42 Å². The molecule has 0 aliphatic carbocycles. The van der Waals surface area contributed by atoms with Crippen molar-refractivity contribution in [2.75, 3.05) is 13.7 Å². The molecule has 0 aliphatic rings. The summed E-state index contributed by atoms with van der Waals surface area (Å²) in [4.78, 5) is 13.4. The second kappa shape index (κ2) is 5.02. The van der Waals surface area contributed by atoms with E-state index in [-0.39, 0.29) is 0 Å². The minimum Gasteiger partial charge on any atom is -0.494 e. The Bertz CT molecular complexity index is 786. The normalized spacial score (nSPS) is 11.2.